The van der Waals surface area contributed by atoms with Crippen LogP contribution in [0.15, 0.2) is 54.7 Å². The zero-order chi connectivity index (χ0) is 16.9. The van der Waals surface area contributed by atoms with Crippen LogP contribution in [-0.2, 0) is 26.7 Å². The Bertz CT molecular complexity index is 759. The lowest BCUT2D eigenvalue weighted by Gasteiger charge is -2.22. The molecule has 0 spiro atoms. The summed E-state index contributed by atoms with van der Waals surface area (Å²) in [6.45, 7) is 6.56. The molecule has 0 atom stereocenters. The minimum atomic E-state index is 0.808. The maximum atomic E-state index is 4.65. The summed E-state index contributed by atoms with van der Waals surface area (Å²) in [6, 6.07) is 16.7. The largest absolute Gasteiger partial charge is 0.353 e. The van der Waals surface area contributed by atoms with Gasteiger partial charge in [-0.15, -0.1) is 0 Å². The fourth-order valence-corrected chi connectivity index (χ4v) is 2.89. The Morgan fingerprint density at radius 3 is 1.83 bits per heavy atom. The smallest absolute Gasteiger partial charge is 0.0547 e. The van der Waals surface area contributed by atoms with Gasteiger partial charge in [-0.3, -0.25) is 14.9 Å². The molecule has 4 nitrogen and oxygen atoms in total. The fraction of sp³-hybridized carbons (Fsp3) is 0.300. The highest BCUT2D eigenvalue weighted by atomic mass is 15.2. The summed E-state index contributed by atoms with van der Waals surface area (Å²) in [5.41, 5.74) is 5.59. The minimum absolute atomic E-state index is 0.808. The Balaban J connectivity index is 1.81. The van der Waals surface area contributed by atoms with Gasteiger partial charge in [0.15, 0.2) is 0 Å². The van der Waals surface area contributed by atoms with Crippen molar-refractivity contribution in [3.05, 3.63) is 83.2 Å². The van der Waals surface area contributed by atoms with Gasteiger partial charge in [-0.25, -0.2) is 0 Å². The number of aryl methyl sites for hydroxylation is 3. The number of nitrogens with zero attached hydrogens (tertiary/aromatic N) is 4. The third-order valence-electron chi connectivity index (χ3n) is 4.10. The molecule has 0 radical (unpaired) electrons. The van der Waals surface area contributed by atoms with Gasteiger partial charge in [0, 0.05) is 50.0 Å². The van der Waals surface area contributed by atoms with E-state index in [1.807, 2.05) is 26.0 Å². The molecule has 4 heteroatoms. The van der Waals surface area contributed by atoms with Crippen molar-refractivity contribution >= 4 is 0 Å². The first-order valence-corrected chi connectivity index (χ1v) is 8.28. The van der Waals surface area contributed by atoms with E-state index in [-0.39, 0.29) is 0 Å². The van der Waals surface area contributed by atoms with Crippen molar-refractivity contribution in [3.8, 4) is 0 Å². The molecule has 124 valence electrons. The molecule has 3 aromatic heterocycles. The average Bonchev–Trinajstić information content (AvgIpc) is 2.92. The van der Waals surface area contributed by atoms with Crippen molar-refractivity contribution < 1.29 is 0 Å². The molecule has 0 aliphatic carbocycles. The first kappa shape index (κ1) is 16.4. The van der Waals surface area contributed by atoms with Crippen LogP contribution in [0, 0.1) is 13.8 Å². The third-order valence-corrected chi connectivity index (χ3v) is 4.10. The number of aromatic nitrogens is 3. The van der Waals surface area contributed by atoms with Crippen LogP contribution in [0.5, 0.6) is 0 Å². The summed E-state index contributed by atoms with van der Waals surface area (Å²) in [7, 11) is 2.09. The summed E-state index contributed by atoms with van der Waals surface area (Å²) in [5.74, 6) is 0. The minimum Gasteiger partial charge on any atom is -0.353 e. The summed E-state index contributed by atoms with van der Waals surface area (Å²) < 4.78 is 2.17. The zero-order valence-corrected chi connectivity index (χ0v) is 14.6. The molecule has 0 bridgehead atoms. The number of hydrogen-bond donors (Lipinski definition) is 0. The van der Waals surface area contributed by atoms with E-state index >= 15 is 0 Å². The first-order chi connectivity index (χ1) is 11.6. The second-order valence-corrected chi connectivity index (χ2v) is 6.30. The van der Waals surface area contributed by atoms with Gasteiger partial charge < -0.3 is 4.57 Å². The summed E-state index contributed by atoms with van der Waals surface area (Å²) in [4.78, 5) is 11.7. The van der Waals surface area contributed by atoms with E-state index in [1.54, 1.807) is 0 Å². The predicted octanol–water partition coefficient (Wildman–Crippen LogP) is 3.63. The molecule has 24 heavy (non-hydrogen) atoms. The third kappa shape index (κ3) is 4.30. The maximum Gasteiger partial charge on any atom is 0.0547 e. The van der Waals surface area contributed by atoms with Crippen LogP contribution in [-0.4, -0.2) is 19.4 Å². The summed E-state index contributed by atoms with van der Waals surface area (Å²) in [5, 5.41) is 0. The highest BCUT2D eigenvalue weighted by molar-refractivity contribution is 5.13. The molecule has 3 aromatic rings. The number of rotatable bonds is 6. The highest BCUT2D eigenvalue weighted by Gasteiger charge is 2.12. The van der Waals surface area contributed by atoms with E-state index in [4.69, 9.17) is 0 Å². The van der Waals surface area contributed by atoms with Crippen LogP contribution in [0.4, 0.5) is 0 Å². The van der Waals surface area contributed by atoms with E-state index in [9.17, 15) is 0 Å². The molecule has 0 fully saturated rings. The van der Waals surface area contributed by atoms with Crippen LogP contribution in [0.3, 0.4) is 0 Å². The first-order valence-electron chi connectivity index (χ1n) is 8.28. The van der Waals surface area contributed by atoms with E-state index in [0.717, 1.165) is 42.4 Å². The van der Waals surface area contributed by atoms with Gasteiger partial charge in [0.05, 0.1) is 11.4 Å². The van der Waals surface area contributed by atoms with Crippen LogP contribution in [0.1, 0.15) is 28.5 Å². The normalized spacial score (nSPS) is 11.2. The maximum absolute atomic E-state index is 4.65. The molecule has 0 amide bonds. The number of hydrogen-bond acceptors (Lipinski definition) is 3. The monoisotopic (exact) mass is 320 g/mol. The molecule has 0 aromatic carbocycles. The van der Waals surface area contributed by atoms with Crippen molar-refractivity contribution in [2.75, 3.05) is 0 Å². The van der Waals surface area contributed by atoms with Crippen molar-refractivity contribution in [2.24, 2.45) is 7.05 Å². The van der Waals surface area contributed by atoms with Gasteiger partial charge in [0.1, 0.15) is 0 Å². The quantitative estimate of drug-likeness (QED) is 0.695. The fourth-order valence-electron chi connectivity index (χ4n) is 2.89. The van der Waals surface area contributed by atoms with Gasteiger partial charge in [0.25, 0.3) is 0 Å². The van der Waals surface area contributed by atoms with Crippen molar-refractivity contribution in [2.45, 2.75) is 33.5 Å². The average molecular weight is 320 g/mol. The Labute approximate surface area is 143 Å². The van der Waals surface area contributed by atoms with Crippen LogP contribution >= 0.6 is 0 Å². The highest BCUT2D eigenvalue weighted by Crippen LogP contribution is 2.13. The molecule has 0 N–H and O–H groups in total. The predicted molar refractivity (Wildman–Crippen MR) is 96.3 cm³/mol. The topological polar surface area (TPSA) is 34.0 Å². The van der Waals surface area contributed by atoms with Gasteiger partial charge in [-0.05, 0) is 50.2 Å². The Morgan fingerprint density at radius 1 is 0.792 bits per heavy atom. The standard InChI is InChI=1S/C20H24N4/c1-16-7-4-9-18(21-16)13-24(15-20-11-6-12-23(20)3)14-19-10-5-8-17(2)22-19/h4-12H,13-15H2,1-3H3. The number of pyridine rings is 2. The van der Waals surface area contributed by atoms with E-state index < -0.39 is 0 Å². The molecule has 0 aliphatic rings. The SMILES string of the molecule is Cc1cccc(CN(Cc2cccc(C)n2)Cc2cccn2C)n1. The van der Waals surface area contributed by atoms with Gasteiger partial charge in [-0.1, -0.05) is 12.1 Å². The van der Waals surface area contributed by atoms with E-state index in [1.165, 1.54) is 5.69 Å². The van der Waals surface area contributed by atoms with Gasteiger partial charge in [0.2, 0.25) is 0 Å². The lowest BCUT2D eigenvalue weighted by molar-refractivity contribution is 0.236. The van der Waals surface area contributed by atoms with Crippen molar-refractivity contribution in [1.82, 2.24) is 19.4 Å². The second-order valence-electron chi connectivity index (χ2n) is 6.30. The van der Waals surface area contributed by atoms with Crippen LogP contribution < -0.4 is 0 Å². The molecular weight excluding hydrogens is 296 g/mol. The zero-order valence-electron chi connectivity index (χ0n) is 14.6. The summed E-state index contributed by atoms with van der Waals surface area (Å²) >= 11 is 0. The molecule has 0 unspecified atom stereocenters. The van der Waals surface area contributed by atoms with Crippen molar-refractivity contribution in [1.29, 1.82) is 0 Å². The Hall–Kier alpha value is -2.46. The van der Waals surface area contributed by atoms with Crippen LogP contribution in [0.25, 0.3) is 0 Å². The second kappa shape index (κ2) is 7.41. The Morgan fingerprint density at radius 2 is 1.38 bits per heavy atom. The molecular formula is C20H24N4. The molecule has 3 heterocycles. The van der Waals surface area contributed by atoms with Crippen molar-refractivity contribution in [3.63, 3.8) is 0 Å². The van der Waals surface area contributed by atoms with Gasteiger partial charge in [-0.2, -0.15) is 0 Å². The molecule has 0 saturated carbocycles. The summed E-state index contributed by atoms with van der Waals surface area (Å²) in [6.07, 6.45) is 2.09. The molecule has 0 saturated heterocycles. The van der Waals surface area contributed by atoms with Crippen LogP contribution in [0.2, 0.25) is 0 Å². The van der Waals surface area contributed by atoms with Gasteiger partial charge >= 0.3 is 0 Å². The van der Waals surface area contributed by atoms with E-state index in [0.29, 0.717) is 0 Å². The van der Waals surface area contributed by atoms with E-state index in [2.05, 4.69) is 69.1 Å². The Kier molecular flexibility index (Phi) is 5.06. The molecule has 3 rings (SSSR count). The molecule has 0 aliphatic heterocycles. The lowest BCUT2D eigenvalue weighted by Crippen LogP contribution is -2.24. The lowest BCUT2D eigenvalue weighted by atomic mass is 10.2.